The topological polar surface area (TPSA) is 71.5 Å². The van der Waals surface area contributed by atoms with Gasteiger partial charge in [-0.15, -0.1) is 0 Å². The molecule has 1 aliphatic heterocycles. The van der Waals surface area contributed by atoms with Crippen LogP contribution in [0.15, 0.2) is 29.2 Å². The van der Waals surface area contributed by atoms with Gasteiger partial charge in [-0.1, -0.05) is 32.9 Å². The fourth-order valence-corrected chi connectivity index (χ4v) is 5.81. The number of sulfonamides is 1. The standard InChI is InChI=1S/C15H23NO4S2/c1-15(2,3)12-5-7-14(8-6-12)22(19,20)16(4)13-9-10-21(17,18)11-13/h5-8,13H,9-11H2,1-4H3. The SMILES string of the molecule is CN(C1CCS(=O)(=O)C1)S(=O)(=O)c1ccc(C(C)(C)C)cc1. The van der Waals surface area contributed by atoms with E-state index in [9.17, 15) is 16.8 Å². The highest BCUT2D eigenvalue weighted by Gasteiger charge is 2.36. The van der Waals surface area contributed by atoms with Gasteiger partial charge in [-0.05, 0) is 29.5 Å². The van der Waals surface area contributed by atoms with Gasteiger partial charge in [-0.2, -0.15) is 4.31 Å². The van der Waals surface area contributed by atoms with Crippen LogP contribution in [0.3, 0.4) is 0 Å². The summed E-state index contributed by atoms with van der Waals surface area (Å²) in [6.07, 6.45) is 0.359. The molecule has 22 heavy (non-hydrogen) atoms. The van der Waals surface area contributed by atoms with Gasteiger partial charge in [-0.25, -0.2) is 16.8 Å². The van der Waals surface area contributed by atoms with E-state index in [1.165, 1.54) is 11.4 Å². The Bertz CT molecular complexity index is 744. The maximum atomic E-state index is 12.6. The van der Waals surface area contributed by atoms with Crippen LogP contribution in [0.4, 0.5) is 0 Å². The second kappa shape index (κ2) is 5.62. The number of hydrogen-bond acceptors (Lipinski definition) is 4. The minimum absolute atomic E-state index is 0.0479. The first kappa shape index (κ1) is 17.4. The molecule has 2 rings (SSSR count). The molecule has 0 N–H and O–H groups in total. The summed E-state index contributed by atoms with van der Waals surface area (Å²) in [6, 6.07) is 6.33. The van der Waals surface area contributed by atoms with Gasteiger partial charge in [0.1, 0.15) is 0 Å². The Morgan fingerprint density at radius 1 is 1.14 bits per heavy atom. The summed E-state index contributed by atoms with van der Waals surface area (Å²) in [7, 11) is -5.32. The first-order chi connectivity index (χ1) is 9.93. The van der Waals surface area contributed by atoms with Crippen molar-refractivity contribution in [1.82, 2.24) is 4.31 Å². The summed E-state index contributed by atoms with van der Waals surface area (Å²) >= 11 is 0. The van der Waals surface area contributed by atoms with Crippen molar-refractivity contribution in [3.05, 3.63) is 29.8 Å². The van der Waals surface area contributed by atoms with Crippen molar-refractivity contribution in [2.45, 2.75) is 43.5 Å². The smallest absolute Gasteiger partial charge is 0.229 e. The number of hydrogen-bond donors (Lipinski definition) is 0. The van der Waals surface area contributed by atoms with Crippen molar-refractivity contribution in [3.63, 3.8) is 0 Å². The van der Waals surface area contributed by atoms with Gasteiger partial charge >= 0.3 is 0 Å². The molecule has 0 bridgehead atoms. The molecule has 0 radical (unpaired) electrons. The largest absolute Gasteiger partial charge is 0.243 e. The Labute approximate surface area is 133 Å². The average molecular weight is 345 g/mol. The monoisotopic (exact) mass is 345 g/mol. The van der Waals surface area contributed by atoms with Crippen molar-refractivity contribution >= 4 is 19.9 Å². The number of sulfone groups is 1. The first-order valence-electron chi connectivity index (χ1n) is 7.22. The molecule has 124 valence electrons. The van der Waals surface area contributed by atoms with E-state index in [1.54, 1.807) is 12.1 Å². The molecule has 0 saturated carbocycles. The van der Waals surface area contributed by atoms with Crippen LogP contribution in [-0.2, 0) is 25.3 Å². The minimum atomic E-state index is -3.67. The molecule has 7 heteroatoms. The van der Waals surface area contributed by atoms with Crippen molar-refractivity contribution in [1.29, 1.82) is 0 Å². The second-order valence-electron chi connectivity index (χ2n) is 6.85. The molecule has 0 amide bonds. The highest BCUT2D eigenvalue weighted by atomic mass is 32.2. The molecule has 1 saturated heterocycles. The van der Waals surface area contributed by atoms with Crippen LogP contribution in [0.5, 0.6) is 0 Å². The van der Waals surface area contributed by atoms with Gasteiger partial charge < -0.3 is 0 Å². The molecule has 1 unspecified atom stereocenters. The second-order valence-corrected chi connectivity index (χ2v) is 11.1. The predicted molar refractivity (Wildman–Crippen MR) is 87.1 cm³/mol. The maximum Gasteiger partial charge on any atom is 0.243 e. The average Bonchev–Trinajstić information content (AvgIpc) is 2.77. The van der Waals surface area contributed by atoms with E-state index >= 15 is 0 Å². The van der Waals surface area contributed by atoms with E-state index < -0.39 is 25.9 Å². The lowest BCUT2D eigenvalue weighted by Gasteiger charge is -2.24. The van der Waals surface area contributed by atoms with Crippen molar-refractivity contribution in [2.75, 3.05) is 18.6 Å². The molecule has 5 nitrogen and oxygen atoms in total. The van der Waals surface area contributed by atoms with Crippen LogP contribution in [0.25, 0.3) is 0 Å². The molecule has 0 aromatic heterocycles. The molecule has 0 spiro atoms. The van der Waals surface area contributed by atoms with Crippen LogP contribution in [0.1, 0.15) is 32.8 Å². The Hall–Kier alpha value is -0.920. The predicted octanol–water partition coefficient (Wildman–Crippen LogP) is 1.79. The Morgan fingerprint density at radius 3 is 2.09 bits per heavy atom. The summed E-state index contributed by atoms with van der Waals surface area (Å²) < 4.78 is 49.5. The molecular formula is C15H23NO4S2. The van der Waals surface area contributed by atoms with Crippen LogP contribution >= 0.6 is 0 Å². The fraction of sp³-hybridized carbons (Fsp3) is 0.600. The molecule has 1 fully saturated rings. The summed E-state index contributed by atoms with van der Waals surface area (Å²) in [6.45, 7) is 6.18. The molecule has 1 aromatic carbocycles. The molecule has 1 atom stereocenters. The van der Waals surface area contributed by atoms with Gasteiger partial charge in [0.25, 0.3) is 0 Å². The summed E-state index contributed by atoms with van der Waals surface area (Å²) in [5, 5.41) is 0. The summed E-state index contributed by atoms with van der Waals surface area (Å²) in [5.41, 5.74) is 1.01. The Morgan fingerprint density at radius 2 is 1.68 bits per heavy atom. The molecule has 1 aliphatic rings. The minimum Gasteiger partial charge on any atom is -0.229 e. The number of benzene rings is 1. The van der Waals surface area contributed by atoms with Gasteiger partial charge in [0.15, 0.2) is 9.84 Å². The highest BCUT2D eigenvalue weighted by molar-refractivity contribution is 7.92. The Kier molecular flexibility index (Phi) is 4.45. The highest BCUT2D eigenvalue weighted by Crippen LogP contribution is 2.26. The van der Waals surface area contributed by atoms with Crippen molar-refractivity contribution < 1.29 is 16.8 Å². The maximum absolute atomic E-state index is 12.6. The van der Waals surface area contributed by atoms with Crippen LogP contribution in [0.2, 0.25) is 0 Å². The van der Waals surface area contributed by atoms with Crippen LogP contribution in [-0.4, -0.2) is 45.7 Å². The molecular weight excluding hydrogens is 322 g/mol. The van der Waals surface area contributed by atoms with E-state index in [-0.39, 0.29) is 21.8 Å². The molecule has 1 heterocycles. The zero-order valence-corrected chi connectivity index (χ0v) is 15.0. The zero-order valence-electron chi connectivity index (χ0n) is 13.4. The zero-order chi connectivity index (χ0) is 16.8. The van der Waals surface area contributed by atoms with E-state index in [0.29, 0.717) is 6.42 Å². The lowest BCUT2D eigenvalue weighted by molar-refractivity contribution is 0.394. The Balaban J connectivity index is 2.27. The molecule has 0 aliphatic carbocycles. The third-order valence-corrected chi connectivity index (χ3v) is 7.79. The number of rotatable bonds is 3. The van der Waals surface area contributed by atoms with Crippen LogP contribution in [0, 0.1) is 0 Å². The van der Waals surface area contributed by atoms with Crippen molar-refractivity contribution in [3.8, 4) is 0 Å². The third kappa shape index (κ3) is 3.52. The lowest BCUT2D eigenvalue weighted by Crippen LogP contribution is -2.37. The van der Waals surface area contributed by atoms with E-state index in [1.807, 2.05) is 12.1 Å². The fourth-order valence-electron chi connectivity index (χ4n) is 2.55. The first-order valence-corrected chi connectivity index (χ1v) is 10.5. The van der Waals surface area contributed by atoms with Crippen LogP contribution < -0.4 is 0 Å². The van der Waals surface area contributed by atoms with E-state index in [4.69, 9.17) is 0 Å². The normalized spacial score (nSPS) is 22.1. The lowest BCUT2D eigenvalue weighted by atomic mass is 9.87. The van der Waals surface area contributed by atoms with Gasteiger partial charge in [0, 0.05) is 13.1 Å². The van der Waals surface area contributed by atoms with Gasteiger partial charge in [-0.3, -0.25) is 0 Å². The van der Waals surface area contributed by atoms with E-state index in [0.717, 1.165) is 5.56 Å². The third-order valence-electron chi connectivity index (χ3n) is 4.12. The summed E-state index contributed by atoms with van der Waals surface area (Å²) in [4.78, 5) is 0.201. The van der Waals surface area contributed by atoms with Gasteiger partial charge in [0.05, 0.1) is 16.4 Å². The van der Waals surface area contributed by atoms with Crippen molar-refractivity contribution in [2.24, 2.45) is 0 Å². The van der Waals surface area contributed by atoms with Gasteiger partial charge in [0.2, 0.25) is 10.0 Å². The molecule has 1 aromatic rings. The van der Waals surface area contributed by atoms with E-state index in [2.05, 4.69) is 20.8 Å². The summed E-state index contributed by atoms with van der Waals surface area (Å²) in [5.74, 6) is -0.0384. The number of nitrogens with zero attached hydrogens (tertiary/aromatic N) is 1. The quantitative estimate of drug-likeness (QED) is 0.837.